The number of ether oxygens (including phenoxy) is 1. The predicted octanol–water partition coefficient (Wildman–Crippen LogP) is 5.23. The Bertz CT molecular complexity index is 1330. The number of carbonyl (C=O) groups is 2. The first-order valence-corrected chi connectivity index (χ1v) is 14.0. The fraction of sp³-hybridized carbons (Fsp3) is 0.464. The van der Waals surface area contributed by atoms with E-state index in [0.717, 1.165) is 42.2 Å². The van der Waals surface area contributed by atoms with Gasteiger partial charge in [0.2, 0.25) is 5.91 Å². The van der Waals surface area contributed by atoms with E-state index in [2.05, 4.69) is 15.3 Å². The number of nitrogens with one attached hydrogen (secondary N) is 1. The van der Waals surface area contributed by atoms with Gasteiger partial charge in [0.1, 0.15) is 11.9 Å². The minimum Gasteiger partial charge on any atom is -0.465 e. The molecular formula is C28H32N4O4S. The van der Waals surface area contributed by atoms with Crippen LogP contribution in [0.25, 0.3) is 10.9 Å². The van der Waals surface area contributed by atoms with Crippen molar-refractivity contribution in [2.75, 3.05) is 18.2 Å². The third-order valence-corrected chi connectivity index (χ3v) is 8.52. The number of anilines is 1. The van der Waals surface area contributed by atoms with Crippen molar-refractivity contribution in [1.82, 2.24) is 14.5 Å². The highest BCUT2D eigenvalue weighted by molar-refractivity contribution is 7.99. The minimum atomic E-state index is -0.710. The molecule has 2 saturated carbocycles. The molecule has 2 aliphatic rings. The first kappa shape index (κ1) is 25.4. The number of fused-ring (bicyclic) bond motifs is 1. The molecule has 2 aliphatic carbocycles. The van der Waals surface area contributed by atoms with Gasteiger partial charge in [-0.3, -0.25) is 14.2 Å². The average molecular weight is 521 g/mol. The number of pyridine rings is 1. The molecule has 3 aromatic rings. The van der Waals surface area contributed by atoms with Crippen LogP contribution >= 0.6 is 11.8 Å². The van der Waals surface area contributed by atoms with E-state index in [-0.39, 0.29) is 11.5 Å². The molecule has 8 nitrogen and oxygen atoms in total. The van der Waals surface area contributed by atoms with Crippen LogP contribution in [0.2, 0.25) is 0 Å². The van der Waals surface area contributed by atoms with Crippen LogP contribution in [-0.2, 0) is 9.53 Å². The fourth-order valence-electron chi connectivity index (χ4n) is 4.93. The van der Waals surface area contributed by atoms with Gasteiger partial charge in [0.05, 0.1) is 29.9 Å². The summed E-state index contributed by atoms with van der Waals surface area (Å²) in [4.78, 5) is 48.7. The average Bonchev–Trinajstić information content (AvgIpc) is 3.76. The summed E-state index contributed by atoms with van der Waals surface area (Å²) in [6.07, 6.45) is 11.6. The Kier molecular flexibility index (Phi) is 7.88. The predicted molar refractivity (Wildman–Crippen MR) is 144 cm³/mol. The molecule has 0 bridgehead atoms. The molecule has 5 rings (SSSR count). The Morgan fingerprint density at radius 2 is 1.89 bits per heavy atom. The normalized spacial score (nSPS) is 16.9. The van der Waals surface area contributed by atoms with Crippen molar-refractivity contribution < 1.29 is 14.3 Å². The van der Waals surface area contributed by atoms with Gasteiger partial charge in [-0.15, -0.1) is 11.8 Å². The number of benzene rings is 1. The molecule has 1 N–H and O–H groups in total. The zero-order chi connectivity index (χ0) is 25.8. The van der Waals surface area contributed by atoms with Crippen LogP contribution in [0.15, 0.2) is 52.5 Å². The SMILES string of the molecule is COC(=O)c1ccc(NC(=O)C(CC2CCCCC2)n2cnc3cc(SCC4CC4)ccc3c2=O)nc1. The second-order valence-electron chi connectivity index (χ2n) is 10.1. The first-order valence-electron chi connectivity index (χ1n) is 13.0. The second-order valence-corrected chi connectivity index (χ2v) is 11.2. The van der Waals surface area contributed by atoms with Gasteiger partial charge in [-0.1, -0.05) is 32.1 Å². The molecule has 0 saturated heterocycles. The van der Waals surface area contributed by atoms with Gasteiger partial charge < -0.3 is 10.1 Å². The summed E-state index contributed by atoms with van der Waals surface area (Å²) in [7, 11) is 1.30. The van der Waals surface area contributed by atoms with E-state index >= 15 is 0 Å². The van der Waals surface area contributed by atoms with E-state index < -0.39 is 12.0 Å². The summed E-state index contributed by atoms with van der Waals surface area (Å²) in [6, 6.07) is 8.18. The van der Waals surface area contributed by atoms with Gasteiger partial charge in [-0.25, -0.2) is 14.8 Å². The van der Waals surface area contributed by atoms with E-state index in [9.17, 15) is 14.4 Å². The van der Waals surface area contributed by atoms with Crippen LogP contribution < -0.4 is 10.9 Å². The number of methoxy groups -OCH3 is 1. The monoisotopic (exact) mass is 520 g/mol. The number of nitrogens with zero attached hydrogens (tertiary/aromatic N) is 3. The third-order valence-electron chi connectivity index (χ3n) is 7.29. The highest BCUT2D eigenvalue weighted by Gasteiger charge is 2.28. The molecule has 0 spiro atoms. The highest BCUT2D eigenvalue weighted by atomic mass is 32.2. The number of aromatic nitrogens is 3. The molecule has 1 aromatic carbocycles. The number of hydrogen-bond acceptors (Lipinski definition) is 7. The number of thioether (sulfide) groups is 1. The maximum atomic E-state index is 13.6. The third kappa shape index (κ3) is 6.21. The zero-order valence-corrected chi connectivity index (χ0v) is 21.8. The standard InChI is InChI=1S/C28H32N4O4S/c1-36-28(35)20-9-12-25(29-15-20)31-26(33)24(13-18-5-3-2-4-6-18)32-17-30-23-14-21(37-16-19-7-8-19)10-11-22(23)27(32)34/h9-12,14-15,17-19,24H,2-8,13,16H2,1H3,(H,29,31,33). The summed E-state index contributed by atoms with van der Waals surface area (Å²) in [6.45, 7) is 0. The van der Waals surface area contributed by atoms with Gasteiger partial charge in [0.25, 0.3) is 5.56 Å². The van der Waals surface area contributed by atoms with E-state index in [0.29, 0.717) is 34.6 Å². The number of rotatable bonds is 9. The Labute approximate surface area is 220 Å². The first-order chi connectivity index (χ1) is 18.0. The maximum absolute atomic E-state index is 13.6. The zero-order valence-electron chi connectivity index (χ0n) is 21.0. The van der Waals surface area contributed by atoms with E-state index in [1.165, 1.54) is 43.5 Å². The summed E-state index contributed by atoms with van der Waals surface area (Å²) in [5.41, 5.74) is 0.733. The number of hydrogen-bond donors (Lipinski definition) is 1. The lowest BCUT2D eigenvalue weighted by Crippen LogP contribution is -2.35. The number of amides is 1. The lowest BCUT2D eigenvalue weighted by atomic mass is 9.84. The molecular weight excluding hydrogens is 488 g/mol. The van der Waals surface area contributed by atoms with Crippen molar-refractivity contribution in [2.24, 2.45) is 11.8 Å². The lowest BCUT2D eigenvalue weighted by Gasteiger charge is -2.27. The molecule has 0 radical (unpaired) electrons. The summed E-state index contributed by atoms with van der Waals surface area (Å²) in [5, 5.41) is 3.35. The summed E-state index contributed by atoms with van der Waals surface area (Å²) < 4.78 is 6.19. The quantitative estimate of drug-likeness (QED) is 0.304. The minimum absolute atomic E-state index is 0.214. The Morgan fingerprint density at radius 1 is 1.08 bits per heavy atom. The van der Waals surface area contributed by atoms with Crippen molar-refractivity contribution in [3.8, 4) is 0 Å². The molecule has 9 heteroatoms. The number of esters is 1. The second kappa shape index (κ2) is 11.5. The van der Waals surface area contributed by atoms with Gasteiger partial charge in [0.15, 0.2) is 0 Å². The smallest absolute Gasteiger partial charge is 0.339 e. The van der Waals surface area contributed by atoms with Crippen molar-refractivity contribution in [1.29, 1.82) is 0 Å². The van der Waals surface area contributed by atoms with E-state index in [1.807, 2.05) is 18.2 Å². The van der Waals surface area contributed by atoms with Crippen LogP contribution in [0.3, 0.4) is 0 Å². The van der Waals surface area contributed by atoms with Crippen molar-refractivity contribution in [3.05, 3.63) is 58.8 Å². The molecule has 1 amide bonds. The van der Waals surface area contributed by atoms with Crippen LogP contribution in [-0.4, -0.2) is 39.3 Å². The van der Waals surface area contributed by atoms with Crippen LogP contribution in [0.4, 0.5) is 5.82 Å². The molecule has 2 aromatic heterocycles. The molecule has 2 fully saturated rings. The van der Waals surface area contributed by atoms with E-state index in [4.69, 9.17) is 4.74 Å². The molecule has 0 aliphatic heterocycles. The summed E-state index contributed by atoms with van der Waals surface area (Å²) >= 11 is 1.81. The molecule has 2 heterocycles. The largest absolute Gasteiger partial charge is 0.465 e. The van der Waals surface area contributed by atoms with Gasteiger partial charge >= 0.3 is 5.97 Å². The van der Waals surface area contributed by atoms with E-state index in [1.54, 1.807) is 23.9 Å². The molecule has 37 heavy (non-hydrogen) atoms. The van der Waals surface area contributed by atoms with Crippen molar-refractivity contribution in [2.45, 2.75) is 62.3 Å². The Balaban J connectivity index is 1.40. The van der Waals surface area contributed by atoms with Crippen molar-refractivity contribution in [3.63, 3.8) is 0 Å². The molecule has 194 valence electrons. The fourth-order valence-corrected chi connectivity index (χ4v) is 6.05. The summed E-state index contributed by atoms with van der Waals surface area (Å²) in [5.74, 6) is 1.77. The van der Waals surface area contributed by atoms with Crippen molar-refractivity contribution >= 4 is 40.4 Å². The molecule has 1 atom stereocenters. The van der Waals surface area contributed by atoms with Crippen LogP contribution in [0.1, 0.15) is 67.8 Å². The Hall–Kier alpha value is -3.20. The van der Waals surface area contributed by atoms with Gasteiger partial charge in [-0.05, 0) is 61.4 Å². The topological polar surface area (TPSA) is 103 Å². The van der Waals surface area contributed by atoms with Crippen LogP contribution in [0, 0.1) is 11.8 Å². The Morgan fingerprint density at radius 3 is 2.59 bits per heavy atom. The van der Waals surface area contributed by atoms with Gasteiger partial charge in [0, 0.05) is 16.8 Å². The van der Waals surface area contributed by atoms with Gasteiger partial charge in [-0.2, -0.15) is 0 Å². The molecule has 1 unspecified atom stereocenters. The lowest BCUT2D eigenvalue weighted by molar-refractivity contribution is -0.120. The maximum Gasteiger partial charge on any atom is 0.339 e. The number of carbonyl (C=O) groups excluding carboxylic acids is 2. The van der Waals surface area contributed by atoms with Crippen LogP contribution in [0.5, 0.6) is 0 Å². The highest BCUT2D eigenvalue weighted by Crippen LogP contribution is 2.35.